The highest BCUT2D eigenvalue weighted by Crippen LogP contribution is 2.45. The van der Waals surface area contributed by atoms with Gasteiger partial charge in [0.25, 0.3) is 5.91 Å². The molecule has 1 saturated carbocycles. The Kier molecular flexibility index (Phi) is 5.95. The summed E-state index contributed by atoms with van der Waals surface area (Å²) in [5, 5.41) is 4.90. The van der Waals surface area contributed by atoms with Crippen LogP contribution in [0.3, 0.4) is 0 Å². The molecule has 2 amide bonds. The number of carbonyl (C=O) groups is 3. The van der Waals surface area contributed by atoms with Crippen molar-refractivity contribution >= 4 is 29.1 Å². The average molecular weight is 468 g/mol. The summed E-state index contributed by atoms with van der Waals surface area (Å²) >= 11 is 1.42. The van der Waals surface area contributed by atoms with Gasteiger partial charge in [0.2, 0.25) is 5.91 Å². The zero-order chi connectivity index (χ0) is 23.0. The van der Waals surface area contributed by atoms with Crippen molar-refractivity contribution in [2.24, 2.45) is 5.92 Å². The highest BCUT2D eigenvalue weighted by Gasteiger charge is 2.54. The molecule has 1 spiro atoms. The maximum atomic E-state index is 13.5. The number of rotatable bonds is 4. The van der Waals surface area contributed by atoms with Crippen LogP contribution in [0.2, 0.25) is 0 Å². The van der Waals surface area contributed by atoms with Gasteiger partial charge in [0.15, 0.2) is 0 Å². The number of aryl methyl sites for hydroxylation is 1. The fraction of sp³-hybridized carbons (Fsp3) is 0.520. The predicted molar refractivity (Wildman–Crippen MR) is 124 cm³/mol. The van der Waals surface area contributed by atoms with Crippen molar-refractivity contribution in [3.63, 3.8) is 0 Å². The van der Waals surface area contributed by atoms with Crippen LogP contribution in [0.5, 0.6) is 0 Å². The lowest BCUT2D eigenvalue weighted by Gasteiger charge is -2.39. The number of esters is 1. The van der Waals surface area contributed by atoms with E-state index in [-0.39, 0.29) is 30.1 Å². The molecule has 2 aliphatic heterocycles. The van der Waals surface area contributed by atoms with Crippen LogP contribution in [-0.2, 0) is 33.8 Å². The van der Waals surface area contributed by atoms with Gasteiger partial charge in [-0.15, -0.1) is 11.3 Å². The van der Waals surface area contributed by atoms with E-state index in [4.69, 9.17) is 4.74 Å². The van der Waals surface area contributed by atoms with Crippen LogP contribution in [-0.4, -0.2) is 39.8 Å². The predicted octanol–water partition coefficient (Wildman–Crippen LogP) is 3.53. The van der Waals surface area contributed by atoms with Crippen molar-refractivity contribution in [1.82, 2.24) is 15.2 Å². The molecule has 0 unspecified atom stereocenters. The number of ether oxygens (including phenoxy) is 1. The summed E-state index contributed by atoms with van der Waals surface area (Å²) in [6.45, 7) is 3.45. The summed E-state index contributed by atoms with van der Waals surface area (Å²) in [6.07, 6.45) is 7.46. The molecule has 0 radical (unpaired) electrons. The number of aromatic nitrogens is 1. The van der Waals surface area contributed by atoms with Crippen molar-refractivity contribution in [2.75, 3.05) is 6.54 Å². The smallest absolute Gasteiger partial charge is 0.307 e. The van der Waals surface area contributed by atoms with E-state index in [1.807, 2.05) is 35.5 Å². The number of fused-ring (bicyclic) bond motifs is 1. The molecule has 5 rings (SSSR count). The normalized spacial score (nSPS) is 21.5. The summed E-state index contributed by atoms with van der Waals surface area (Å²) in [4.78, 5) is 45.2. The summed E-state index contributed by atoms with van der Waals surface area (Å²) in [5.74, 6) is -0.677. The van der Waals surface area contributed by atoms with Crippen LogP contribution >= 0.6 is 11.3 Å². The third kappa shape index (κ3) is 4.16. The number of amides is 2. The Labute approximate surface area is 197 Å². The molecule has 174 valence electrons. The fourth-order valence-corrected chi connectivity index (χ4v) is 6.27. The van der Waals surface area contributed by atoms with Gasteiger partial charge in [-0.2, -0.15) is 0 Å². The molecule has 33 heavy (non-hydrogen) atoms. The SMILES string of the molecule is Cc1ncc2c(c1CNC(=O)c1cccs1)CCN(C(=O)[C@H]1CC(=O)OC13CCCCC3)C2. The molecule has 3 aliphatic rings. The number of hydrogen-bond acceptors (Lipinski definition) is 6. The lowest BCUT2D eigenvalue weighted by molar-refractivity contribution is -0.156. The summed E-state index contributed by atoms with van der Waals surface area (Å²) in [7, 11) is 0. The number of nitrogens with one attached hydrogen (secondary N) is 1. The highest BCUT2D eigenvalue weighted by atomic mass is 32.1. The van der Waals surface area contributed by atoms with Crippen molar-refractivity contribution < 1.29 is 19.1 Å². The first kappa shape index (κ1) is 22.1. The molecule has 0 aromatic carbocycles. The number of pyridine rings is 1. The number of nitrogens with zero attached hydrogens (tertiary/aromatic N) is 2. The van der Waals surface area contributed by atoms with Crippen molar-refractivity contribution in [3.05, 3.63) is 51.0 Å². The van der Waals surface area contributed by atoms with Crippen molar-refractivity contribution in [1.29, 1.82) is 0 Å². The molecule has 1 atom stereocenters. The zero-order valence-electron chi connectivity index (χ0n) is 18.9. The van der Waals surface area contributed by atoms with Gasteiger partial charge in [0.05, 0.1) is 17.2 Å². The molecule has 2 fully saturated rings. The maximum absolute atomic E-state index is 13.5. The molecule has 2 aromatic rings. The van der Waals surface area contributed by atoms with Crippen LogP contribution in [0.15, 0.2) is 23.7 Å². The van der Waals surface area contributed by atoms with Crippen molar-refractivity contribution in [2.45, 2.75) is 70.6 Å². The molecular formula is C25H29N3O4S. The number of carbonyl (C=O) groups excluding carboxylic acids is 3. The number of hydrogen-bond donors (Lipinski definition) is 1. The number of thiophene rings is 1. The first-order chi connectivity index (χ1) is 16.0. The molecule has 1 aliphatic carbocycles. The Balaban J connectivity index is 1.32. The fourth-order valence-electron chi connectivity index (χ4n) is 5.63. The van der Waals surface area contributed by atoms with Gasteiger partial charge < -0.3 is 15.0 Å². The minimum Gasteiger partial charge on any atom is -0.458 e. The Bertz CT molecular complexity index is 1080. The van der Waals surface area contributed by atoms with Crippen LogP contribution in [0.1, 0.15) is 70.6 Å². The summed E-state index contributed by atoms with van der Waals surface area (Å²) in [6, 6.07) is 3.67. The highest BCUT2D eigenvalue weighted by molar-refractivity contribution is 7.12. The molecular weight excluding hydrogens is 438 g/mol. The Hall–Kier alpha value is -2.74. The first-order valence-corrected chi connectivity index (χ1v) is 12.6. The zero-order valence-corrected chi connectivity index (χ0v) is 19.7. The maximum Gasteiger partial charge on any atom is 0.307 e. The van der Waals surface area contributed by atoms with Crippen LogP contribution in [0.25, 0.3) is 0 Å². The molecule has 1 N–H and O–H groups in total. The van der Waals surface area contributed by atoms with Crippen molar-refractivity contribution in [3.8, 4) is 0 Å². The monoisotopic (exact) mass is 467 g/mol. The van der Waals surface area contributed by atoms with E-state index >= 15 is 0 Å². The second kappa shape index (κ2) is 8.89. The summed E-state index contributed by atoms with van der Waals surface area (Å²) < 4.78 is 5.77. The Morgan fingerprint density at radius 3 is 2.88 bits per heavy atom. The molecule has 8 heteroatoms. The van der Waals surface area contributed by atoms with Crippen LogP contribution < -0.4 is 5.32 Å². The standard InChI is InChI=1S/C25H29N3O4S/c1-16-19(14-27-23(30)21-6-5-11-33-21)18-7-10-28(15-17(18)13-26-16)24(31)20-12-22(29)32-25(20)8-3-2-4-9-25/h5-6,11,13,20H,2-4,7-10,12,14-15H2,1H3,(H,27,30)/t20-/m1/s1. The van der Waals surface area contributed by atoms with Gasteiger partial charge in [0, 0.05) is 31.5 Å². The lowest BCUT2D eigenvalue weighted by Crippen LogP contribution is -2.48. The minimum atomic E-state index is -0.602. The summed E-state index contributed by atoms with van der Waals surface area (Å²) in [5.41, 5.74) is 3.52. The van der Waals surface area contributed by atoms with E-state index in [0.717, 1.165) is 48.9 Å². The van der Waals surface area contributed by atoms with E-state index in [0.29, 0.717) is 30.9 Å². The van der Waals surface area contributed by atoms with Gasteiger partial charge >= 0.3 is 5.97 Å². The Morgan fingerprint density at radius 2 is 2.12 bits per heavy atom. The first-order valence-electron chi connectivity index (χ1n) is 11.8. The van der Waals surface area contributed by atoms with Gasteiger partial charge in [0.1, 0.15) is 5.60 Å². The lowest BCUT2D eigenvalue weighted by atomic mass is 9.75. The van der Waals surface area contributed by atoms with Gasteiger partial charge in [-0.3, -0.25) is 19.4 Å². The molecule has 1 saturated heterocycles. The largest absolute Gasteiger partial charge is 0.458 e. The van der Waals surface area contributed by atoms with E-state index in [1.165, 1.54) is 16.9 Å². The second-order valence-corrected chi connectivity index (χ2v) is 10.3. The molecule has 4 heterocycles. The van der Waals surface area contributed by atoms with E-state index in [2.05, 4.69) is 10.3 Å². The topological polar surface area (TPSA) is 88.6 Å². The minimum absolute atomic E-state index is 0.0292. The molecule has 0 bridgehead atoms. The molecule has 2 aromatic heterocycles. The van der Waals surface area contributed by atoms with Crippen LogP contribution in [0, 0.1) is 12.8 Å². The molecule has 7 nitrogen and oxygen atoms in total. The third-order valence-electron chi connectivity index (χ3n) is 7.40. The van der Waals surface area contributed by atoms with E-state index < -0.39 is 5.60 Å². The van der Waals surface area contributed by atoms with Crippen LogP contribution in [0.4, 0.5) is 0 Å². The second-order valence-electron chi connectivity index (χ2n) is 9.35. The quantitative estimate of drug-likeness (QED) is 0.695. The third-order valence-corrected chi connectivity index (χ3v) is 8.27. The van der Waals surface area contributed by atoms with Gasteiger partial charge in [-0.25, -0.2) is 0 Å². The Morgan fingerprint density at radius 1 is 1.30 bits per heavy atom. The van der Waals surface area contributed by atoms with Gasteiger partial charge in [-0.1, -0.05) is 12.5 Å². The van der Waals surface area contributed by atoms with E-state index in [9.17, 15) is 14.4 Å². The average Bonchev–Trinajstić information content (AvgIpc) is 3.46. The van der Waals surface area contributed by atoms with E-state index in [1.54, 1.807) is 0 Å². The van der Waals surface area contributed by atoms with Gasteiger partial charge in [-0.05, 0) is 67.2 Å².